The van der Waals surface area contributed by atoms with Gasteiger partial charge in [0, 0.05) is 10.8 Å². The molecule has 6 heteroatoms. The van der Waals surface area contributed by atoms with Crippen LogP contribution in [0.1, 0.15) is 4.88 Å². The summed E-state index contributed by atoms with van der Waals surface area (Å²) in [6.07, 6.45) is 3.28. The highest BCUT2D eigenvalue weighted by Crippen LogP contribution is 2.28. The first-order chi connectivity index (χ1) is 9.13. The van der Waals surface area contributed by atoms with Crippen LogP contribution in [0.4, 0.5) is 5.13 Å². The molecule has 1 amide bonds. The Kier molecular flexibility index (Phi) is 2.64. The predicted molar refractivity (Wildman–Crippen MR) is 72.9 cm³/mol. The van der Waals surface area contributed by atoms with Crippen molar-refractivity contribution in [3.8, 4) is 5.88 Å². The number of hydrogen-bond donors (Lipinski definition) is 2. The number of rotatable bonds is 1. The van der Waals surface area contributed by atoms with Gasteiger partial charge in [0.1, 0.15) is 0 Å². The topological polar surface area (TPSA) is 88.6 Å². The number of benzene rings is 1. The number of anilines is 1. The largest absolute Gasteiger partial charge is 0.492 e. The van der Waals surface area contributed by atoms with Crippen LogP contribution >= 0.6 is 11.3 Å². The van der Waals surface area contributed by atoms with Gasteiger partial charge in [-0.05, 0) is 18.2 Å². The first kappa shape index (κ1) is 11.6. The number of carbonyl (C=O) groups excluding carboxylic acids is 1. The molecule has 1 aromatic carbocycles. The zero-order valence-corrected chi connectivity index (χ0v) is 10.5. The van der Waals surface area contributed by atoms with E-state index in [9.17, 15) is 9.90 Å². The van der Waals surface area contributed by atoms with Crippen molar-refractivity contribution in [1.29, 1.82) is 0 Å². The van der Waals surface area contributed by atoms with Crippen molar-refractivity contribution in [2.24, 2.45) is 4.99 Å². The zero-order valence-electron chi connectivity index (χ0n) is 9.70. The average molecular weight is 271 g/mol. The number of nitrogens with two attached hydrogens (primary N) is 1. The summed E-state index contributed by atoms with van der Waals surface area (Å²) in [5.41, 5.74) is 5.90. The summed E-state index contributed by atoms with van der Waals surface area (Å²) in [7, 11) is 0. The molecule has 0 radical (unpaired) electrons. The van der Waals surface area contributed by atoms with Gasteiger partial charge in [0.15, 0.2) is 5.13 Å². The number of nitrogens with zero attached hydrogens (tertiary/aromatic N) is 2. The molecule has 5 nitrogen and oxygen atoms in total. The van der Waals surface area contributed by atoms with Crippen molar-refractivity contribution in [3.63, 3.8) is 0 Å². The Morgan fingerprint density at radius 2 is 2.11 bits per heavy atom. The normalized spacial score (nSPS) is 15.8. The predicted octanol–water partition coefficient (Wildman–Crippen LogP) is 0.455. The zero-order chi connectivity index (χ0) is 13.4. The van der Waals surface area contributed by atoms with Gasteiger partial charge in [-0.2, -0.15) is 4.98 Å². The number of aromatic hydroxyl groups is 1. The van der Waals surface area contributed by atoms with E-state index >= 15 is 0 Å². The number of thiazole rings is 1. The number of para-hydroxylation sites is 1. The van der Waals surface area contributed by atoms with E-state index in [2.05, 4.69) is 9.98 Å². The third kappa shape index (κ3) is 2.13. The number of hydrogen-bond acceptors (Lipinski definition) is 5. The Balaban J connectivity index is 2.15. The Morgan fingerprint density at radius 1 is 1.32 bits per heavy atom. The maximum absolute atomic E-state index is 11.9. The third-order valence-corrected chi connectivity index (χ3v) is 3.48. The van der Waals surface area contributed by atoms with E-state index in [1.165, 1.54) is 0 Å². The highest BCUT2D eigenvalue weighted by molar-refractivity contribution is 7.16. The van der Waals surface area contributed by atoms with Crippen molar-refractivity contribution in [3.05, 3.63) is 45.3 Å². The quantitative estimate of drug-likeness (QED) is 0.737. The molecule has 2 heterocycles. The van der Waals surface area contributed by atoms with Gasteiger partial charge in [-0.1, -0.05) is 29.5 Å². The van der Waals surface area contributed by atoms with Crippen molar-refractivity contribution in [2.75, 3.05) is 5.73 Å². The van der Waals surface area contributed by atoms with Gasteiger partial charge in [-0.25, -0.2) is 4.99 Å². The molecule has 0 atom stereocenters. The summed E-state index contributed by atoms with van der Waals surface area (Å²) in [4.78, 5) is 20.0. The lowest BCUT2D eigenvalue weighted by Gasteiger charge is -2.02. The molecule has 1 aliphatic rings. The van der Waals surface area contributed by atoms with Crippen LogP contribution in [0.15, 0.2) is 34.8 Å². The molecule has 3 N–H and O–H groups in total. The Bertz CT molecular complexity index is 821. The van der Waals surface area contributed by atoms with Crippen LogP contribution in [-0.4, -0.2) is 16.0 Å². The minimum atomic E-state index is -0.343. The molecule has 3 rings (SSSR count). The highest BCUT2D eigenvalue weighted by Gasteiger charge is 2.13. The second kappa shape index (κ2) is 4.33. The van der Waals surface area contributed by atoms with Crippen molar-refractivity contribution in [2.45, 2.75) is 0 Å². The third-order valence-electron chi connectivity index (χ3n) is 2.65. The molecule has 0 aliphatic carbocycles. The molecule has 0 bridgehead atoms. The monoisotopic (exact) mass is 271 g/mol. The second-order valence-corrected chi connectivity index (χ2v) is 5.02. The van der Waals surface area contributed by atoms with E-state index in [1.54, 1.807) is 18.2 Å². The lowest BCUT2D eigenvalue weighted by molar-refractivity contribution is -0.114. The fourth-order valence-corrected chi connectivity index (χ4v) is 2.47. The minimum Gasteiger partial charge on any atom is -0.492 e. The second-order valence-electron chi connectivity index (χ2n) is 3.96. The van der Waals surface area contributed by atoms with Gasteiger partial charge >= 0.3 is 0 Å². The van der Waals surface area contributed by atoms with E-state index < -0.39 is 0 Å². The first-order valence-electron chi connectivity index (χ1n) is 5.50. The number of fused-ring (bicyclic) bond motifs is 1. The van der Waals surface area contributed by atoms with E-state index in [0.717, 1.165) is 16.6 Å². The maximum atomic E-state index is 11.9. The molecule has 0 fully saturated rings. The molecule has 0 spiro atoms. The van der Waals surface area contributed by atoms with Gasteiger partial charge in [-0.3, -0.25) is 4.79 Å². The summed E-state index contributed by atoms with van der Waals surface area (Å²) >= 11 is 1.12. The minimum absolute atomic E-state index is 0.171. The molecule has 0 unspecified atom stereocenters. The lowest BCUT2D eigenvalue weighted by Crippen LogP contribution is -2.29. The molecule has 94 valence electrons. The van der Waals surface area contributed by atoms with Gasteiger partial charge in [0.05, 0.1) is 10.2 Å². The van der Waals surface area contributed by atoms with Crippen LogP contribution in [-0.2, 0) is 4.79 Å². The van der Waals surface area contributed by atoms with Crippen LogP contribution in [0.5, 0.6) is 5.88 Å². The fourth-order valence-electron chi connectivity index (χ4n) is 1.79. The van der Waals surface area contributed by atoms with Gasteiger partial charge in [-0.15, -0.1) is 0 Å². The average Bonchev–Trinajstić information content (AvgIpc) is 2.69. The van der Waals surface area contributed by atoms with E-state index in [1.807, 2.05) is 18.2 Å². The summed E-state index contributed by atoms with van der Waals surface area (Å²) < 4.78 is 0. The first-order valence-corrected chi connectivity index (χ1v) is 6.32. The van der Waals surface area contributed by atoms with Gasteiger partial charge in [0.2, 0.25) is 5.88 Å². The van der Waals surface area contributed by atoms with Crippen LogP contribution in [0, 0.1) is 0 Å². The summed E-state index contributed by atoms with van der Waals surface area (Å²) in [6, 6.07) is 7.36. The number of aromatic nitrogens is 1. The maximum Gasteiger partial charge on any atom is 0.277 e. The Labute approximate surface area is 112 Å². The van der Waals surface area contributed by atoms with Crippen LogP contribution in [0.2, 0.25) is 0 Å². The Hall–Kier alpha value is -2.47. The molecule has 0 saturated heterocycles. The molecule has 0 saturated carbocycles. The molecular weight excluding hydrogens is 262 g/mol. The number of nitrogen functional groups attached to an aromatic ring is 1. The fraction of sp³-hybridized carbons (Fsp3) is 0. The summed E-state index contributed by atoms with van der Waals surface area (Å²) in [6.45, 7) is 0. The SMILES string of the molecule is Nc1nc(O)c(/C=C2/C=c3ccccc3=NC2=O)s1. The van der Waals surface area contributed by atoms with Crippen molar-refractivity contribution >= 4 is 34.5 Å². The Morgan fingerprint density at radius 3 is 2.84 bits per heavy atom. The molecule has 1 aliphatic heterocycles. The summed E-state index contributed by atoms with van der Waals surface area (Å²) in [5.74, 6) is -0.514. The highest BCUT2D eigenvalue weighted by atomic mass is 32.1. The van der Waals surface area contributed by atoms with E-state index in [4.69, 9.17) is 5.73 Å². The van der Waals surface area contributed by atoms with Crippen molar-refractivity contribution in [1.82, 2.24) is 4.98 Å². The van der Waals surface area contributed by atoms with Crippen LogP contribution < -0.4 is 16.3 Å². The van der Waals surface area contributed by atoms with Crippen molar-refractivity contribution < 1.29 is 9.90 Å². The molecule has 1 aromatic heterocycles. The molecule has 19 heavy (non-hydrogen) atoms. The number of amides is 1. The lowest BCUT2D eigenvalue weighted by atomic mass is 10.1. The van der Waals surface area contributed by atoms with Gasteiger partial charge < -0.3 is 10.8 Å². The van der Waals surface area contributed by atoms with E-state index in [-0.39, 0.29) is 16.9 Å². The molecular formula is C13H9N3O2S. The van der Waals surface area contributed by atoms with Crippen LogP contribution in [0.3, 0.4) is 0 Å². The van der Waals surface area contributed by atoms with Crippen LogP contribution in [0.25, 0.3) is 12.2 Å². The molecule has 2 aromatic rings. The standard InChI is InChI=1S/C13H9N3O2S/c14-13-16-12(18)10(19-13)6-8-5-7-3-1-2-4-9(7)15-11(8)17/h1-6,18H,(H2,14,16)/b8-6-. The summed E-state index contributed by atoms with van der Waals surface area (Å²) in [5, 5.41) is 11.3. The van der Waals surface area contributed by atoms with Gasteiger partial charge in [0.25, 0.3) is 5.91 Å². The van der Waals surface area contributed by atoms with E-state index in [0.29, 0.717) is 15.8 Å². The smallest absolute Gasteiger partial charge is 0.277 e. The number of carbonyl (C=O) groups is 1.